The van der Waals surface area contributed by atoms with E-state index in [0.717, 1.165) is 23.1 Å². The first-order valence-electron chi connectivity index (χ1n) is 13.3. The van der Waals surface area contributed by atoms with Crippen LogP contribution in [-0.2, 0) is 28.3 Å². The van der Waals surface area contributed by atoms with Crippen molar-refractivity contribution in [2.75, 3.05) is 13.1 Å². The van der Waals surface area contributed by atoms with Crippen LogP contribution in [0.1, 0.15) is 60.2 Å². The van der Waals surface area contributed by atoms with Gasteiger partial charge < -0.3 is 14.5 Å². The van der Waals surface area contributed by atoms with Gasteiger partial charge in [-0.3, -0.25) is 24.6 Å². The lowest BCUT2D eigenvalue weighted by molar-refractivity contribution is -0.136. The van der Waals surface area contributed by atoms with Crippen molar-refractivity contribution in [1.29, 1.82) is 0 Å². The first-order chi connectivity index (χ1) is 19.1. The predicted molar refractivity (Wildman–Crippen MR) is 140 cm³/mol. The summed E-state index contributed by atoms with van der Waals surface area (Å²) in [5.41, 5.74) is 1.36. The molecule has 3 aliphatic heterocycles. The molecule has 0 bridgehead atoms. The Hall–Kier alpha value is -3.96. The van der Waals surface area contributed by atoms with Crippen LogP contribution in [0.3, 0.4) is 0 Å². The maximum Gasteiger partial charge on any atom is 0.255 e. The molecule has 1 unspecified atom stereocenters. The number of carbonyl (C=O) groups excluding carboxylic acids is 3. The van der Waals surface area contributed by atoms with Crippen molar-refractivity contribution in [2.45, 2.75) is 57.8 Å². The van der Waals surface area contributed by atoms with Gasteiger partial charge in [0.25, 0.3) is 5.91 Å². The van der Waals surface area contributed by atoms with Crippen molar-refractivity contribution in [1.82, 2.24) is 25.3 Å². The predicted octanol–water partition coefficient (Wildman–Crippen LogP) is 2.76. The van der Waals surface area contributed by atoms with Gasteiger partial charge in [0, 0.05) is 43.6 Å². The molecular weight excluding hydrogens is 517 g/mol. The summed E-state index contributed by atoms with van der Waals surface area (Å²) in [6, 6.07) is 9.68. The van der Waals surface area contributed by atoms with Gasteiger partial charge >= 0.3 is 0 Å². The number of likely N-dealkylation sites (tertiary alicyclic amines) is 1. The number of carbonyl (C=O) groups is 3. The average molecular weight is 548 g/mol. The molecule has 2 atom stereocenters. The van der Waals surface area contributed by atoms with Gasteiger partial charge in [-0.15, -0.1) is 0 Å². The van der Waals surface area contributed by atoms with Crippen molar-refractivity contribution in [2.24, 2.45) is 5.41 Å². The van der Waals surface area contributed by atoms with Gasteiger partial charge in [0.05, 0.1) is 11.2 Å². The Morgan fingerprint density at radius 2 is 1.95 bits per heavy atom. The molecule has 3 amide bonds. The summed E-state index contributed by atoms with van der Waals surface area (Å²) < 4.78 is 19.5. The molecule has 2 saturated heterocycles. The van der Waals surface area contributed by atoms with Gasteiger partial charge in [0.2, 0.25) is 24.0 Å². The highest BCUT2D eigenvalue weighted by Crippen LogP contribution is 2.47. The number of rotatable bonds is 5. The minimum atomic E-state index is -1.16. The molecule has 6 rings (SSSR count). The van der Waals surface area contributed by atoms with Gasteiger partial charge in [-0.05, 0) is 47.7 Å². The van der Waals surface area contributed by atoms with Crippen molar-refractivity contribution in [3.63, 3.8) is 0 Å². The minimum absolute atomic E-state index is 0.196. The van der Waals surface area contributed by atoms with Crippen LogP contribution in [0.2, 0.25) is 0 Å². The molecule has 2 aromatic carbocycles. The number of imide groups is 1. The SMILES string of the molecule is CC1(C)CN(Cc2ccc(-c3ncon3)c(F)c2)CC[C@]1(O)c1ccc2c(c1)CN(C1CCC(=O)NC1=O)C2=O. The summed E-state index contributed by atoms with van der Waals surface area (Å²) in [5.74, 6) is -1.24. The smallest absolute Gasteiger partial charge is 0.255 e. The summed E-state index contributed by atoms with van der Waals surface area (Å²) >= 11 is 0. The molecule has 4 heterocycles. The van der Waals surface area contributed by atoms with Gasteiger partial charge in [-0.1, -0.05) is 37.2 Å². The quantitative estimate of drug-likeness (QED) is 0.467. The third-order valence-electron chi connectivity index (χ3n) is 8.57. The topological polar surface area (TPSA) is 129 Å². The van der Waals surface area contributed by atoms with Crippen LogP contribution in [0.4, 0.5) is 4.39 Å². The summed E-state index contributed by atoms with van der Waals surface area (Å²) in [7, 11) is 0. The normalized spacial score (nSPS) is 24.8. The third-order valence-corrected chi connectivity index (χ3v) is 8.57. The number of aromatic nitrogens is 2. The molecule has 0 saturated carbocycles. The van der Waals surface area contributed by atoms with Gasteiger partial charge in [0.15, 0.2) is 0 Å². The van der Waals surface area contributed by atoms with E-state index in [4.69, 9.17) is 4.52 Å². The summed E-state index contributed by atoms with van der Waals surface area (Å²) in [4.78, 5) is 44.7. The lowest BCUT2D eigenvalue weighted by Crippen LogP contribution is -2.55. The number of nitrogens with one attached hydrogen (secondary N) is 1. The largest absolute Gasteiger partial charge is 0.385 e. The van der Waals surface area contributed by atoms with Crippen molar-refractivity contribution >= 4 is 17.7 Å². The number of benzene rings is 2. The minimum Gasteiger partial charge on any atom is -0.385 e. The first kappa shape index (κ1) is 26.3. The molecule has 0 aliphatic carbocycles. The van der Waals surface area contributed by atoms with E-state index in [2.05, 4.69) is 20.4 Å². The summed E-state index contributed by atoms with van der Waals surface area (Å²) in [5, 5.41) is 18.0. The molecule has 40 heavy (non-hydrogen) atoms. The zero-order chi connectivity index (χ0) is 28.2. The number of fused-ring (bicyclic) bond motifs is 1. The third kappa shape index (κ3) is 4.39. The number of hydrogen-bond donors (Lipinski definition) is 2. The zero-order valence-electron chi connectivity index (χ0n) is 22.3. The van der Waals surface area contributed by atoms with E-state index >= 15 is 0 Å². The molecule has 2 fully saturated rings. The molecule has 0 spiro atoms. The highest BCUT2D eigenvalue weighted by Gasteiger charge is 2.49. The van der Waals surface area contributed by atoms with E-state index in [9.17, 15) is 23.9 Å². The lowest BCUT2D eigenvalue weighted by Gasteiger charge is -2.50. The second-order valence-electron chi connectivity index (χ2n) is 11.5. The highest BCUT2D eigenvalue weighted by atomic mass is 19.1. The van der Waals surface area contributed by atoms with Gasteiger partial charge in [-0.2, -0.15) is 4.98 Å². The number of nitrogens with zero attached hydrogens (tertiary/aromatic N) is 4. The fraction of sp³-hybridized carbons (Fsp3) is 0.414. The molecule has 1 aromatic heterocycles. The Balaban J connectivity index is 1.17. The standard InChI is InChI=1S/C29H30FN5O5/c1-28(2)15-34(13-17-3-5-21(22(30)11-17)25-31-16-40-33-25)10-9-29(28,39)19-4-6-20-18(12-19)14-35(27(20)38)23-7-8-24(36)32-26(23)37/h3-6,11-12,16,23,39H,7-10,13-15H2,1-2H3,(H,32,36,37)/t23?,29-/m0/s1. The van der Waals surface area contributed by atoms with Crippen LogP contribution >= 0.6 is 0 Å². The average Bonchev–Trinajstić information content (AvgIpc) is 3.54. The Morgan fingerprint density at radius 3 is 2.65 bits per heavy atom. The monoisotopic (exact) mass is 547 g/mol. The Labute approximate surface area is 230 Å². The second-order valence-corrected chi connectivity index (χ2v) is 11.5. The van der Waals surface area contributed by atoms with Crippen LogP contribution < -0.4 is 5.32 Å². The molecule has 3 aromatic rings. The van der Waals surface area contributed by atoms with E-state index in [0.29, 0.717) is 38.0 Å². The van der Waals surface area contributed by atoms with Crippen molar-refractivity contribution in [3.05, 3.63) is 70.9 Å². The van der Waals surface area contributed by atoms with Crippen LogP contribution in [0.25, 0.3) is 11.4 Å². The van der Waals surface area contributed by atoms with Gasteiger partial charge in [-0.25, -0.2) is 4.39 Å². The summed E-state index contributed by atoms with van der Waals surface area (Å²) in [6.45, 7) is 5.94. The molecule has 208 valence electrons. The molecular formula is C29H30FN5O5. The molecule has 10 nitrogen and oxygen atoms in total. The van der Waals surface area contributed by atoms with Crippen LogP contribution in [0.15, 0.2) is 47.3 Å². The Morgan fingerprint density at radius 1 is 1.15 bits per heavy atom. The molecule has 3 aliphatic rings. The first-order valence-corrected chi connectivity index (χ1v) is 13.3. The number of hydrogen-bond acceptors (Lipinski definition) is 8. The Bertz CT molecular complexity index is 1510. The van der Waals surface area contributed by atoms with Crippen molar-refractivity contribution in [3.8, 4) is 11.4 Å². The van der Waals surface area contributed by atoms with Gasteiger partial charge in [0.1, 0.15) is 11.9 Å². The maximum atomic E-state index is 14.7. The van der Waals surface area contributed by atoms with E-state index < -0.39 is 28.8 Å². The second kappa shape index (κ2) is 9.60. The number of piperidine rings is 2. The van der Waals surface area contributed by atoms with Crippen LogP contribution in [0, 0.1) is 11.2 Å². The van der Waals surface area contributed by atoms with E-state index in [-0.39, 0.29) is 36.2 Å². The zero-order valence-corrected chi connectivity index (χ0v) is 22.3. The summed E-state index contributed by atoms with van der Waals surface area (Å²) in [6.07, 6.45) is 2.11. The maximum absolute atomic E-state index is 14.7. The fourth-order valence-corrected chi connectivity index (χ4v) is 6.31. The van der Waals surface area contributed by atoms with Crippen LogP contribution in [-0.4, -0.2) is 61.9 Å². The molecule has 11 heteroatoms. The fourth-order valence-electron chi connectivity index (χ4n) is 6.31. The number of halogens is 1. The Kier molecular flexibility index (Phi) is 6.30. The number of aliphatic hydroxyl groups is 1. The van der Waals surface area contributed by atoms with E-state index in [1.807, 2.05) is 26.0 Å². The van der Waals surface area contributed by atoms with Crippen LogP contribution in [0.5, 0.6) is 0 Å². The molecule has 2 N–H and O–H groups in total. The van der Waals surface area contributed by atoms with Crippen molar-refractivity contribution < 1.29 is 28.4 Å². The highest BCUT2D eigenvalue weighted by molar-refractivity contribution is 6.05. The number of amides is 3. The van der Waals surface area contributed by atoms with E-state index in [1.165, 1.54) is 11.0 Å². The lowest BCUT2D eigenvalue weighted by atomic mass is 9.66. The van der Waals surface area contributed by atoms with E-state index in [1.54, 1.807) is 18.2 Å². The molecule has 0 radical (unpaired) electrons.